The fourth-order valence-electron chi connectivity index (χ4n) is 2.17. The van der Waals surface area contributed by atoms with Crippen LogP contribution >= 0.6 is 12.2 Å². The molecule has 3 nitrogen and oxygen atoms in total. The van der Waals surface area contributed by atoms with Gasteiger partial charge in [-0.3, -0.25) is 0 Å². The molecule has 0 saturated heterocycles. The molecule has 1 aliphatic rings. The predicted molar refractivity (Wildman–Crippen MR) is 78.1 cm³/mol. The minimum Gasteiger partial charge on any atom is -0.497 e. The quantitative estimate of drug-likeness (QED) is 0.858. The third kappa shape index (κ3) is 2.40. The second kappa shape index (κ2) is 4.78. The number of aromatic nitrogens is 2. The van der Waals surface area contributed by atoms with E-state index in [2.05, 4.69) is 16.0 Å². The Hall–Kier alpha value is -1.68. The summed E-state index contributed by atoms with van der Waals surface area (Å²) in [5.74, 6) is 2.43. The smallest absolute Gasteiger partial charge is 0.133 e. The van der Waals surface area contributed by atoms with Crippen LogP contribution in [0.4, 0.5) is 0 Å². The molecule has 1 fully saturated rings. The van der Waals surface area contributed by atoms with Crippen molar-refractivity contribution < 1.29 is 4.74 Å². The second-order valence-electron chi connectivity index (χ2n) is 4.93. The maximum atomic E-state index is 5.37. The molecule has 4 heteroatoms. The van der Waals surface area contributed by atoms with Gasteiger partial charge in [0, 0.05) is 17.0 Å². The number of nitrogens with zero attached hydrogens (tertiary/aromatic N) is 1. The van der Waals surface area contributed by atoms with Crippen LogP contribution in [0.1, 0.15) is 30.1 Å². The van der Waals surface area contributed by atoms with E-state index in [1.165, 1.54) is 12.8 Å². The first kappa shape index (κ1) is 12.4. The number of hydrogen-bond acceptors (Lipinski definition) is 3. The monoisotopic (exact) mass is 272 g/mol. The summed E-state index contributed by atoms with van der Waals surface area (Å²) in [6, 6.07) is 8.01. The van der Waals surface area contributed by atoms with Crippen molar-refractivity contribution in [3.05, 3.63) is 40.3 Å². The molecule has 98 valence electrons. The van der Waals surface area contributed by atoms with E-state index in [0.29, 0.717) is 10.6 Å². The van der Waals surface area contributed by atoms with Crippen molar-refractivity contribution in [3.8, 4) is 17.0 Å². The van der Waals surface area contributed by atoms with Gasteiger partial charge in [-0.2, -0.15) is 0 Å². The van der Waals surface area contributed by atoms with Crippen molar-refractivity contribution in [2.45, 2.75) is 25.7 Å². The molecule has 1 N–H and O–H groups in total. The van der Waals surface area contributed by atoms with E-state index < -0.39 is 0 Å². The Labute approximate surface area is 117 Å². The number of H-pyrrole nitrogens is 1. The normalized spacial score (nSPS) is 14.4. The topological polar surface area (TPSA) is 37.9 Å². The van der Waals surface area contributed by atoms with E-state index in [1.54, 1.807) is 7.11 Å². The van der Waals surface area contributed by atoms with Gasteiger partial charge in [0.25, 0.3) is 0 Å². The lowest BCUT2D eigenvalue weighted by molar-refractivity contribution is 0.415. The lowest BCUT2D eigenvalue weighted by Crippen LogP contribution is -1.99. The highest BCUT2D eigenvalue weighted by atomic mass is 32.1. The predicted octanol–water partition coefficient (Wildman–Crippen LogP) is 4.00. The van der Waals surface area contributed by atoms with Gasteiger partial charge in [0.05, 0.1) is 12.8 Å². The van der Waals surface area contributed by atoms with Gasteiger partial charge in [-0.1, -0.05) is 24.4 Å². The zero-order valence-electron chi connectivity index (χ0n) is 11.1. The summed E-state index contributed by atoms with van der Waals surface area (Å²) in [5, 5.41) is 0. The van der Waals surface area contributed by atoms with E-state index in [-0.39, 0.29) is 0 Å². The Morgan fingerprint density at radius 3 is 2.84 bits per heavy atom. The maximum Gasteiger partial charge on any atom is 0.133 e. The van der Waals surface area contributed by atoms with Gasteiger partial charge in [-0.25, -0.2) is 4.98 Å². The minimum atomic E-state index is 0.562. The van der Waals surface area contributed by atoms with Gasteiger partial charge >= 0.3 is 0 Å². The summed E-state index contributed by atoms with van der Waals surface area (Å²) >= 11 is 5.37. The zero-order chi connectivity index (χ0) is 13.4. The van der Waals surface area contributed by atoms with Gasteiger partial charge < -0.3 is 9.72 Å². The summed E-state index contributed by atoms with van der Waals surface area (Å²) in [5.41, 5.74) is 3.17. The number of nitrogens with one attached hydrogen (secondary N) is 1. The molecule has 0 spiro atoms. The third-order valence-corrected chi connectivity index (χ3v) is 3.89. The first-order valence-corrected chi connectivity index (χ1v) is 6.85. The molecule has 1 saturated carbocycles. The van der Waals surface area contributed by atoms with Crippen LogP contribution in [0.2, 0.25) is 0 Å². The molecule has 1 aromatic carbocycles. The average molecular weight is 272 g/mol. The second-order valence-corrected chi connectivity index (χ2v) is 5.32. The van der Waals surface area contributed by atoms with E-state index in [1.807, 2.05) is 25.1 Å². The van der Waals surface area contributed by atoms with Gasteiger partial charge in [-0.05, 0) is 31.9 Å². The van der Waals surface area contributed by atoms with Crippen molar-refractivity contribution >= 4 is 12.2 Å². The minimum absolute atomic E-state index is 0.562. The van der Waals surface area contributed by atoms with Crippen molar-refractivity contribution in [3.63, 3.8) is 0 Å². The molecule has 2 aromatic rings. The van der Waals surface area contributed by atoms with Crippen molar-refractivity contribution in [1.29, 1.82) is 0 Å². The molecule has 0 bridgehead atoms. The van der Waals surface area contributed by atoms with Crippen molar-refractivity contribution in [2.24, 2.45) is 0 Å². The molecule has 0 radical (unpaired) electrons. The number of ether oxygens (including phenoxy) is 1. The molecule has 1 aliphatic carbocycles. The number of rotatable bonds is 3. The van der Waals surface area contributed by atoms with Crippen LogP contribution in [0.15, 0.2) is 24.3 Å². The SMILES string of the molecule is COc1cccc(-c2[nH]c(C3CC3)nc(=S)c2C)c1. The molecule has 3 rings (SSSR count). The Balaban J connectivity index is 2.14. The number of hydrogen-bond donors (Lipinski definition) is 1. The molecule has 19 heavy (non-hydrogen) atoms. The Morgan fingerprint density at radius 1 is 1.37 bits per heavy atom. The average Bonchev–Trinajstić information content (AvgIpc) is 3.26. The summed E-state index contributed by atoms with van der Waals surface area (Å²) in [6.45, 7) is 2.01. The molecule has 1 heterocycles. The molecule has 0 amide bonds. The molecular formula is C15H16N2OS. The summed E-state index contributed by atoms with van der Waals surface area (Å²) in [7, 11) is 1.68. The highest BCUT2D eigenvalue weighted by Crippen LogP contribution is 2.39. The summed E-state index contributed by atoms with van der Waals surface area (Å²) in [6.07, 6.45) is 2.41. The van der Waals surface area contributed by atoms with Crippen LogP contribution < -0.4 is 4.74 Å². The van der Waals surface area contributed by atoms with Crippen LogP contribution in [0.3, 0.4) is 0 Å². The fourth-order valence-corrected chi connectivity index (χ4v) is 2.37. The standard InChI is InChI=1S/C15H16N2OS/c1-9-13(11-4-3-5-12(8-11)18-2)16-14(10-6-7-10)17-15(9)19/h3-5,8,10H,6-7H2,1-2H3,(H,16,17,19). The molecular weight excluding hydrogens is 256 g/mol. The third-order valence-electron chi connectivity index (χ3n) is 3.49. The molecule has 0 atom stereocenters. The summed E-state index contributed by atoms with van der Waals surface area (Å²) in [4.78, 5) is 7.94. The molecule has 1 aromatic heterocycles. The highest BCUT2D eigenvalue weighted by molar-refractivity contribution is 7.71. The first-order chi connectivity index (χ1) is 9.19. The van der Waals surface area contributed by atoms with Crippen molar-refractivity contribution in [2.75, 3.05) is 7.11 Å². The number of benzene rings is 1. The van der Waals surface area contributed by atoms with Crippen LogP contribution in [0.5, 0.6) is 5.75 Å². The lowest BCUT2D eigenvalue weighted by atomic mass is 10.1. The van der Waals surface area contributed by atoms with Gasteiger partial charge in [-0.15, -0.1) is 0 Å². The van der Waals surface area contributed by atoms with E-state index in [4.69, 9.17) is 17.0 Å². The Kier molecular flexibility index (Phi) is 3.11. The van der Waals surface area contributed by atoms with Crippen LogP contribution in [0, 0.1) is 11.6 Å². The number of aromatic amines is 1. The van der Waals surface area contributed by atoms with E-state index >= 15 is 0 Å². The van der Waals surface area contributed by atoms with Crippen LogP contribution in [-0.4, -0.2) is 17.1 Å². The van der Waals surface area contributed by atoms with Gasteiger partial charge in [0.2, 0.25) is 0 Å². The van der Waals surface area contributed by atoms with Crippen LogP contribution in [0.25, 0.3) is 11.3 Å². The first-order valence-electron chi connectivity index (χ1n) is 6.44. The van der Waals surface area contributed by atoms with E-state index in [9.17, 15) is 0 Å². The van der Waals surface area contributed by atoms with Gasteiger partial charge in [0.15, 0.2) is 0 Å². The maximum absolute atomic E-state index is 5.37. The highest BCUT2D eigenvalue weighted by Gasteiger charge is 2.26. The van der Waals surface area contributed by atoms with E-state index in [0.717, 1.165) is 28.4 Å². The largest absolute Gasteiger partial charge is 0.497 e. The Morgan fingerprint density at radius 2 is 2.16 bits per heavy atom. The molecule has 0 unspecified atom stereocenters. The molecule has 0 aliphatic heterocycles. The Bertz CT molecular complexity index is 674. The number of methoxy groups -OCH3 is 1. The zero-order valence-corrected chi connectivity index (χ0v) is 11.9. The van der Waals surface area contributed by atoms with Crippen molar-refractivity contribution in [1.82, 2.24) is 9.97 Å². The van der Waals surface area contributed by atoms with Crippen LogP contribution in [-0.2, 0) is 0 Å². The lowest BCUT2D eigenvalue weighted by Gasteiger charge is -2.10. The fraction of sp³-hybridized carbons (Fsp3) is 0.333. The van der Waals surface area contributed by atoms with Gasteiger partial charge in [0.1, 0.15) is 16.2 Å². The summed E-state index contributed by atoms with van der Waals surface area (Å²) < 4.78 is 5.97.